The summed E-state index contributed by atoms with van der Waals surface area (Å²) in [6.45, 7) is 2.10. The van der Waals surface area contributed by atoms with Crippen molar-refractivity contribution >= 4 is 0 Å². The molecule has 1 aromatic carbocycles. The first kappa shape index (κ1) is 10.8. The van der Waals surface area contributed by atoms with Gasteiger partial charge in [0, 0.05) is 6.54 Å². The van der Waals surface area contributed by atoms with Crippen molar-refractivity contribution in [2.75, 3.05) is 26.4 Å². The Morgan fingerprint density at radius 2 is 1.79 bits per heavy atom. The van der Waals surface area contributed by atoms with E-state index in [2.05, 4.69) is 0 Å². The van der Waals surface area contributed by atoms with Gasteiger partial charge in [-0.05, 0) is 24.3 Å². The fraction of sp³-hybridized carbons (Fsp3) is 0.400. The fourth-order valence-corrected chi connectivity index (χ4v) is 0.946. The van der Waals surface area contributed by atoms with Crippen LogP contribution in [-0.4, -0.2) is 31.5 Å². The van der Waals surface area contributed by atoms with E-state index in [0.29, 0.717) is 26.4 Å². The molecule has 0 radical (unpaired) electrons. The van der Waals surface area contributed by atoms with Gasteiger partial charge in [-0.25, -0.2) is 0 Å². The van der Waals surface area contributed by atoms with Crippen molar-refractivity contribution in [1.29, 1.82) is 0 Å². The van der Waals surface area contributed by atoms with E-state index in [9.17, 15) is 0 Å². The average Bonchev–Trinajstić information content (AvgIpc) is 2.21. The van der Waals surface area contributed by atoms with Crippen LogP contribution < -0.4 is 10.5 Å². The third-order valence-electron chi connectivity index (χ3n) is 1.60. The van der Waals surface area contributed by atoms with Gasteiger partial charge in [-0.1, -0.05) is 0 Å². The number of benzene rings is 1. The molecule has 0 spiro atoms. The SMILES string of the molecule is NCCOCCOc1ccc(O)cc1. The van der Waals surface area contributed by atoms with Gasteiger partial charge in [0.1, 0.15) is 18.1 Å². The molecule has 0 heterocycles. The second-order valence-corrected chi connectivity index (χ2v) is 2.74. The van der Waals surface area contributed by atoms with Crippen LogP contribution in [0.3, 0.4) is 0 Å². The van der Waals surface area contributed by atoms with Crippen LogP contribution in [0.4, 0.5) is 0 Å². The van der Waals surface area contributed by atoms with Crippen molar-refractivity contribution in [2.45, 2.75) is 0 Å². The lowest BCUT2D eigenvalue weighted by Gasteiger charge is -2.06. The molecule has 0 aliphatic carbocycles. The van der Waals surface area contributed by atoms with Gasteiger partial charge in [-0.15, -0.1) is 0 Å². The third kappa shape index (κ3) is 4.11. The lowest BCUT2D eigenvalue weighted by Crippen LogP contribution is -2.13. The Hall–Kier alpha value is -1.26. The largest absolute Gasteiger partial charge is 0.508 e. The molecular weight excluding hydrogens is 182 g/mol. The number of phenolic OH excluding ortho intramolecular Hbond substituents is 1. The highest BCUT2D eigenvalue weighted by Crippen LogP contribution is 2.15. The van der Waals surface area contributed by atoms with Crippen LogP contribution in [0.15, 0.2) is 24.3 Å². The second kappa shape index (κ2) is 6.23. The van der Waals surface area contributed by atoms with E-state index in [-0.39, 0.29) is 5.75 Å². The van der Waals surface area contributed by atoms with E-state index in [0.717, 1.165) is 5.75 Å². The summed E-state index contributed by atoms with van der Waals surface area (Å²) in [6, 6.07) is 6.57. The molecular formula is C10H15NO3. The molecule has 78 valence electrons. The molecule has 0 aromatic heterocycles. The highest BCUT2D eigenvalue weighted by Gasteiger charge is 1.93. The first-order valence-corrected chi connectivity index (χ1v) is 4.52. The van der Waals surface area contributed by atoms with Gasteiger partial charge in [-0.3, -0.25) is 0 Å². The summed E-state index contributed by atoms with van der Waals surface area (Å²) in [5.74, 6) is 0.955. The molecule has 0 aliphatic rings. The zero-order chi connectivity index (χ0) is 10.2. The van der Waals surface area contributed by atoms with Gasteiger partial charge >= 0.3 is 0 Å². The smallest absolute Gasteiger partial charge is 0.119 e. The summed E-state index contributed by atoms with van der Waals surface area (Å²) in [7, 11) is 0. The lowest BCUT2D eigenvalue weighted by atomic mass is 10.3. The summed E-state index contributed by atoms with van der Waals surface area (Å²) in [4.78, 5) is 0. The van der Waals surface area contributed by atoms with Gasteiger partial charge < -0.3 is 20.3 Å². The molecule has 1 rings (SSSR count). The van der Waals surface area contributed by atoms with Gasteiger partial charge in [0.2, 0.25) is 0 Å². The van der Waals surface area contributed by atoms with Crippen molar-refractivity contribution in [3.8, 4) is 11.5 Å². The fourth-order valence-electron chi connectivity index (χ4n) is 0.946. The molecule has 4 heteroatoms. The van der Waals surface area contributed by atoms with E-state index in [1.807, 2.05) is 0 Å². The minimum absolute atomic E-state index is 0.233. The average molecular weight is 197 g/mol. The number of rotatable bonds is 6. The molecule has 0 unspecified atom stereocenters. The van der Waals surface area contributed by atoms with Gasteiger partial charge in [-0.2, -0.15) is 0 Å². The Kier molecular flexibility index (Phi) is 4.82. The predicted octanol–water partition coefficient (Wildman–Crippen LogP) is 0.746. The quantitative estimate of drug-likeness (QED) is 0.660. The molecule has 0 bridgehead atoms. The first-order chi connectivity index (χ1) is 6.83. The van der Waals surface area contributed by atoms with Crippen molar-refractivity contribution in [1.82, 2.24) is 0 Å². The summed E-state index contributed by atoms with van der Waals surface area (Å²) in [5.41, 5.74) is 5.24. The van der Waals surface area contributed by atoms with Gasteiger partial charge in [0.25, 0.3) is 0 Å². The molecule has 1 aromatic rings. The van der Waals surface area contributed by atoms with Crippen LogP contribution in [0.5, 0.6) is 11.5 Å². The molecule has 3 N–H and O–H groups in total. The summed E-state index contributed by atoms with van der Waals surface area (Å²) >= 11 is 0. The van der Waals surface area contributed by atoms with Crippen LogP contribution in [0.25, 0.3) is 0 Å². The first-order valence-electron chi connectivity index (χ1n) is 4.52. The number of ether oxygens (including phenoxy) is 2. The van der Waals surface area contributed by atoms with E-state index in [1.165, 1.54) is 0 Å². The zero-order valence-corrected chi connectivity index (χ0v) is 7.98. The molecule has 0 saturated carbocycles. The predicted molar refractivity (Wildman–Crippen MR) is 53.5 cm³/mol. The van der Waals surface area contributed by atoms with Crippen LogP contribution in [0.2, 0.25) is 0 Å². The molecule has 0 aliphatic heterocycles. The van der Waals surface area contributed by atoms with E-state index in [1.54, 1.807) is 24.3 Å². The minimum Gasteiger partial charge on any atom is -0.508 e. The third-order valence-corrected chi connectivity index (χ3v) is 1.60. The Bertz CT molecular complexity index is 248. The molecule has 0 saturated heterocycles. The Balaban J connectivity index is 2.15. The van der Waals surface area contributed by atoms with Gasteiger partial charge in [0.05, 0.1) is 13.2 Å². The second-order valence-electron chi connectivity index (χ2n) is 2.74. The maximum Gasteiger partial charge on any atom is 0.119 e. The number of hydrogen-bond donors (Lipinski definition) is 2. The molecule has 14 heavy (non-hydrogen) atoms. The summed E-state index contributed by atoms with van der Waals surface area (Å²) < 4.78 is 10.5. The van der Waals surface area contributed by atoms with Crippen LogP contribution >= 0.6 is 0 Å². The summed E-state index contributed by atoms with van der Waals surface area (Å²) in [5, 5.41) is 9.00. The number of aromatic hydroxyl groups is 1. The van der Waals surface area contributed by atoms with E-state index >= 15 is 0 Å². The van der Waals surface area contributed by atoms with Crippen molar-refractivity contribution < 1.29 is 14.6 Å². The maximum absolute atomic E-state index is 9.00. The highest BCUT2D eigenvalue weighted by molar-refractivity contribution is 5.29. The Morgan fingerprint density at radius 3 is 2.43 bits per heavy atom. The molecule has 0 atom stereocenters. The number of phenols is 1. The Morgan fingerprint density at radius 1 is 1.07 bits per heavy atom. The van der Waals surface area contributed by atoms with Crippen molar-refractivity contribution in [2.24, 2.45) is 5.73 Å². The Labute approximate surface area is 83.3 Å². The summed E-state index contributed by atoms with van der Waals surface area (Å²) in [6.07, 6.45) is 0. The molecule has 0 fully saturated rings. The van der Waals surface area contributed by atoms with E-state index < -0.39 is 0 Å². The monoisotopic (exact) mass is 197 g/mol. The number of nitrogens with two attached hydrogens (primary N) is 1. The maximum atomic E-state index is 9.00. The normalized spacial score (nSPS) is 10.1. The van der Waals surface area contributed by atoms with Crippen LogP contribution in [0.1, 0.15) is 0 Å². The topological polar surface area (TPSA) is 64.7 Å². The van der Waals surface area contributed by atoms with Crippen LogP contribution in [0, 0.1) is 0 Å². The minimum atomic E-state index is 0.233. The molecule has 4 nitrogen and oxygen atoms in total. The standard InChI is InChI=1S/C10H15NO3/c11-5-6-13-7-8-14-10-3-1-9(12)2-4-10/h1-4,12H,5-8,11H2. The molecule has 0 amide bonds. The highest BCUT2D eigenvalue weighted by atomic mass is 16.5. The van der Waals surface area contributed by atoms with Crippen LogP contribution in [-0.2, 0) is 4.74 Å². The van der Waals surface area contributed by atoms with E-state index in [4.69, 9.17) is 20.3 Å². The van der Waals surface area contributed by atoms with Crippen molar-refractivity contribution in [3.63, 3.8) is 0 Å². The van der Waals surface area contributed by atoms with Gasteiger partial charge in [0.15, 0.2) is 0 Å². The zero-order valence-electron chi connectivity index (χ0n) is 7.98. The number of hydrogen-bond acceptors (Lipinski definition) is 4. The lowest BCUT2D eigenvalue weighted by molar-refractivity contribution is 0.106. The van der Waals surface area contributed by atoms with Crippen molar-refractivity contribution in [3.05, 3.63) is 24.3 Å².